The smallest absolute Gasteiger partial charge is 0.239 e. The molecule has 0 aliphatic carbocycles. The van der Waals surface area contributed by atoms with Crippen LogP contribution in [0.3, 0.4) is 0 Å². The Morgan fingerprint density at radius 2 is 1.88 bits per heavy atom. The summed E-state index contributed by atoms with van der Waals surface area (Å²) in [5.41, 5.74) is 6.07. The fourth-order valence-electron chi connectivity index (χ4n) is 4.24. The van der Waals surface area contributed by atoms with Crippen LogP contribution in [0, 0.1) is 13.8 Å². The second-order valence-electron chi connectivity index (χ2n) is 8.29. The summed E-state index contributed by atoms with van der Waals surface area (Å²) in [5.74, 6) is 1.49. The van der Waals surface area contributed by atoms with Gasteiger partial charge in [-0.05, 0) is 31.0 Å². The predicted molar refractivity (Wildman–Crippen MR) is 124 cm³/mol. The standard InChI is InChI=1S/C23H24ClN7O/c1-14-7-15(2)22(27-9-14)17-8-20(26-11-18(17)24)30-5-3-19-16(12-30)10-28-23(29-19)31-6-4-25-21(32)13-31/h7-11H,3-6,12-13H2,1-2H3,(H,25,32). The number of hydrogen-bond donors (Lipinski definition) is 1. The van der Waals surface area contributed by atoms with E-state index in [0.29, 0.717) is 30.6 Å². The van der Waals surface area contributed by atoms with Crippen LogP contribution in [-0.2, 0) is 17.8 Å². The highest BCUT2D eigenvalue weighted by molar-refractivity contribution is 6.33. The number of hydrogen-bond acceptors (Lipinski definition) is 7. The molecule has 164 valence electrons. The Morgan fingerprint density at radius 3 is 2.69 bits per heavy atom. The monoisotopic (exact) mass is 449 g/mol. The number of piperazine rings is 1. The molecule has 5 heterocycles. The number of carbonyl (C=O) groups is 1. The van der Waals surface area contributed by atoms with Gasteiger partial charge in [-0.15, -0.1) is 0 Å². The van der Waals surface area contributed by atoms with Crippen molar-refractivity contribution < 1.29 is 4.79 Å². The number of aryl methyl sites for hydroxylation is 2. The molecular weight excluding hydrogens is 426 g/mol. The quantitative estimate of drug-likeness (QED) is 0.657. The lowest BCUT2D eigenvalue weighted by Crippen LogP contribution is -2.48. The maximum absolute atomic E-state index is 11.7. The molecule has 0 bridgehead atoms. The van der Waals surface area contributed by atoms with Crippen LogP contribution in [-0.4, -0.2) is 52.0 Å². The molecule has 1 fully saturated rings. The number of amides is 1. The van der Waals surface area contributed by atoms with Crippen molar-refractivity contribution in [3.63, 3.8) is 0 Å². The Labute approximate surface area is 191 Å². The zero-order valence-corrected chi connectivity index (χ0v) is 18.9. The third-order valence-corrected chi connectivity index (χ3v) is 6.18. The molecule has 1 amide bonds. The van der Waals surface area contributed by atoms with Crippen molar-refractivity contribution in [3.8, 4) is 11.3 Å². The number of fused-ring (bicyclic) bond motifs is 1. The molecule has 0 radical (unpaired) electrons. The Morgan fingerprint density at radius 1 is 1.00 bits per heavy atom. The van der Waals surface area contributed by atoms with Gasteiger partial charge in [0.2, 0.25) is 11.9 Å². The van der Waals surface area contributed by atoms with Gasteiger partial charge in [-0.25, -0.2) is 15.0 Å². The molecule has 1 N–H and O–H groups in total. The van der Waals surface area contributed by atoms with E-state index in [4.69, 9.17) is 16.6 Å². The zero-order valence-electron chi connectivity index (χ0n) is 18.1. The van der Waals surface area contributed by atoms with Crippen LogP contribution in [0.25, 0.3) is 11.3 Å². The minimum Gasteiger partial charge on any atom is -0.353 e. The summed E-state index contributed by atoms with van der Waals surface area (Å²) < 4.78 is 0. The lowest BCUT2D eigenvalue weighted by atomic mass is 10.0. The molecule has 2 aliphatic rings. The minimum atomic E-state index is 0.00617. The van der Waals surface area contributed by atoms with E-state index in [1.165, 1.54) is 0 Å². The highest BCUT2D eigenvalue weighted by Gasteiger charge is 2.24. The predicted octanol–water partition coefficient (Wildman–Crippen LogP) is 2.70. The second kappa shape index (κ2) is 8.35. The number of nitrogens with one attached hydrogen (secondary N) is 1. The van der Waals surface area contributed by atoms with E-state index in [1.807, 2.05) is 37.2 Å². The van der Waals surface area contributed by atoms with E-state index in [-0.39, 0.29) is 5.91 Å². The van der Waals surface area contributed by atoms with Crippen molar-refractivity contribution in [2.75, 3.05) is 36.0 Å². The van der Waals surface area contributed by atoms with Gasteiger partial charge in [0.1, 0.15) is 5.82 Å². The fraction of sp³-hybridized carbons (Fsp3) is 0.348. The van der Waals surface area contributed by atoms with Gasteiger partial charge in [0.15, 0.2) is 0 Å². The summed E-state index contributed by atoms with van der Waals surface area (Å²) in [6, 6.07) is 4.12. The number of pyridine rings is 2. The van der Waals surface area contributed by atoms with Crippen molar-refractivity contribution >= 4 is 29.3 Å². The lowest BCUT2D eigenvalue weighted by Gasteiger charge is -2.31. The Kier molecular flexibility index (Phi) is 5.38. The largest absolute Gasteiger partial charge is 0.353 e. The molecule has 32 heavy (non-hydrogen) atoms. The van der Waals surface area contributed by atoms with Gasteiger partial charge in [-0.2, -0.15) is 0 Å². The van der Waals surface area contributed by atoms with Gasteiger partial charge in [0.05, 0.1) is 23.0 Å². The first-order valence-electron chi connectivity index (χ1n) is 10.7. The van der Waals surface area contributed by atoms with Crippen LogP contribution in [0.2, 0.25) is 5.02 Å². The van der Waals surface area contributed by atoms with Crippen molar-refractivity contribution in [2.24, 2.45) is 0 Å². The third kappa shape index (κ3) is 3.98. The van der Waals surface area contributed by atoms with E-state index >= 15 is 0 Å². The minimum absolute atomic E-state index is 0.00617. The topological polar surface area (TPSA) is 87.1 Å². The first-order valence-corrected chi connectivity index (χ1v) is 11.1. The molecule has 0 aromatic carbocycles. The van der Waals surface area contributed by atoms with Crippen LogP contribution in [0.1, 0.15) is 22.4 Å². The number of halogens is 1. The molecule has 0 saturated carbocycles. The summed E-state index contributed by atoms with van der Waals surface area (Å²) in [5, 5.41) is 3.42. The van der Waals surface area contributed by atoms with Crippen LogP contribution in [0.5, 0.6) is 0 Å². The number of anilines is 2. The summed E-state index contributed by atoms with van der Waals surface area (Å²) in [7, 11) is 0. The highest BCUT2D eigenvalue weighted by Crippen LogP contribution is 2.32. The normalized spacial score (nSPS) is 16.0. The second-order valence-corrected chi connectivity index (χ2v) is 8.69. The summed E-state index contributed by atoms with van der Waals surface area (Å²) >= 11 is 6.49. The molecule has 9 heteroatoms. The first kappa shape index (κ1) is 20.6. The lowest BCUT2D eigenvalue weighted by molar-refractivity contribution is -0.120. The van der Waals surface area contributed by atoms with Crippen LogP contribution in [0.15, 0.2) is 30.7 Å². The number of carbonyl (C=O) groups excluding carboxylic acids is 1. The van der Waals surface area contributed by atoms with E-state index < -0.39 is 0 Å². The van der Waals surface area contributed by atoms with Crippen molar-refractivity contribution in [1.29, 1.82) is 0 Å². The molecule has 8 nitrogen and oxygen atoms in total. The Balaban J connectivity index is 1.39. The highest BCUT2D eigenvalue weighted by atomic mass is 35.5. The third-order valence-electron chi connectivity index (χ3n) is 5.88. The van der Waals surface area contributed by atoms with Gasteiger partial charge in [-0.3, -0.25) is 9.78 Å². The first-order chi connectivity index (χ1) is 15.5. The van der Waals surface area contributed by atoms with E-state index in [1.54, 1.807) is 6.20 Å². The van der Waals surface area contributed by atoms with E-state index in [2.05, 4.69) is 31.2 Å². The van der Waals surface area contributed by atoms with Gasteiger partial charge < -0.3 is 15.1 Å². The molecular formula is C23H24ClN7O. The number of nitrogens with zero attached hydrogens (tertiary/aromatic N) is 6. The molecule has 1 saturated heterocycles. The zero-order chi connectivity index (χ0) is 22.2. The average molecular weight is 450 g/mol. The van der Waals surface area contributed by atoms with Gasteiger partial charge in [-0.1, -0.05) is 17.7 Å². The average Bonchev–Trinajstić information content (AvgIpc) is 2.79. The fourth-order valence-corrected chi connectivity index (χ4v) is 4.44. The van der Waals surface area contributed by atoms with Crippen LogP contribution in [0.4, 0.5) is 11.8 Å². The van der Waals surface area contributed by atoms with E-state index in [9.17, 15) is 4.79 Å². The van der Waals surface area contributed by atoms with E-state index in [0.717, 1.165) is 59.0 Å². The molecule has 0 unspecified atom stereocenters. The Bertz CT molecular complexity index is 1200. The molecule has 3 aromatic heterocycles. The van der Waals surface area contributed by atoms with Gasteiger partial charge in [0.25, 0.3) is 0 Å². The molecule has 0 spiro atoms. The Hall–Kier alpha value is -3.26. The maximum Gasteiger partial charge on any atom is 0.239 e. The summed E-state index contributed by atoms with van der Waals surface area (Å²) in [6.45, 7) is 7.18. The van der Waals surface area contributed by atoms with Gasteiger partial charge >= 0.3 is 0 Å². The molecule has 3 aromatic rings. The SMILES string of the molecule is Cc1cnc(-c2cc(N3CCc4nc(N5CCNC(=O)C5)ncc4C3)ncc2Cl)c(C)c1. The van der Waals surface area contributed by atoms with Gasteiger partial charge in [0, 0.05) is 62.3 Å². The van der Waals surface area contributed by atoms with Crippen molar-refractivity contribution in [1.82, 2.24) is 25.3 Å². The molecule has 5 rings (SSSR count). The molecule has 0 atom stereocenters. The van der Waals surface area contributed by atoms with Crippen LogP contribution < -0.4 is 15.1 Å². The maximum atomic E-state index is 11.7. The van der Waals surface area contributed by atoms with Crippen LogP contribution >= 0.6 is 11.6 Å². The van der Waals surface area contributed by atoms with Crippen molar-refractivity contribution in [2.45, 2.75) is 26.8 Å². The molecule has 2 aliphatic heterocycles. The number of rotatable bonds is 3. The summed E-state index contributed by atoms with van der Waals surface area (Å²) in [4.78, 5) is 34.3. The summed E-state index contributed by atoms with van der Waals surface area (Å²) in [6.07, 6.45) is 6.21. The van der Waals surface area contributed by atoms with Crippen molar-refractivity contribution in [3.05, 3.63) is 58.1 Å². The number of aromatic nitrogens is 4.